The zero-order valence-corrected chi connectivity index (χ0v) is 26.3. The van der Waals surface area contributed by atoms with Crippen LogP contribution in [0, 0.1) is 33.0 Å². The number of Topliss-reactive ketones (excluding diaryl/α,β-unsaturated/α-hetero) is 2. The van der Waals surface area contributed by atoms with Crippen LogP contribution in [0.5, 0.6) is 5.75 Å². The van der Waals surface area contributed by atoms with Crippen LogP contribution in [-0.2, 0) is 15.6 Å². The number of rotatable bonds is 2. The number of carbonyl (C=O) groups excluding carboxylic acids is 2. The normalized spacial score (nSPS) is 27.1. The fourth-order valence-corrected chi connectivity index (χ4v) is 6.88. The standard InChI is InChI=1S/C34H52O3/c1-28(2,3)21-16-20(17-22(25(21)35)29(4,5)6)26(36)33(31(10,11)12)18-23(30(7,8)9)27(37)34(19-24(33)34)32(13,14)15/h16-18,24,35H,19H2,1-15H3. The second-order valence-electron chi connectivity index (χ2n) is 17.0. The lowest BCUT2D eigenvalue weighted by Gasteiger charge is -2.50. The molecule has 0 radical (unpaired) electrons. The van der Waals surface area contributed by atoms with Crippen molar-refractivity contribution < 1.29 is 14.7 Å². The smallest absolute Gasteiger partial charge is 0.173 e. The molecule has 0 amide bonds. The molecule has 0 bridgehead atoms. The Morgan fingerprint density at radius 2 is 1.19 bits per heavy atom. The fourth-order valence-electron chi connectivity index (χ4n) is 6.88. The van der Waals surface area contributed by atoms with E-state index in [2.05, 4.69) is 110 Å². The summed E-state index contributed by atoms with van der Waals surface area (Å²) in [5, 5.41) is 11.3. The monoisotopic (exact) mass is 508 g/mol. The lowest BCUT2D eigenvalue weighted by atomic mass is 9.51. The SMILES string of the molecule is CC(C)(C)C1=CC(C(=O)c2cc(C(C)(C)C)c(O)c(C(C)(C)C)c2)(C(C)(C)C)C2CC2(C(C)(C)C)C1=O. The third-order valence-corrected chi connectivity index (χ3v) is 9.28. The summed E-state index contributed by atoms with van der Waals surface area (Å²) in [5.74, 6) is 0.514. The number of fused-ring (bicyclic) bond motifs is 1. The molecular weight excluding hydrogens is 456 g/mol. The van der Waals surface area contributed by atoms with Crippen LogP contribution in [0.4, 0.5) is 0 Å². The van der Waals surface area contributed by atoms with E-state index in [-0.39, 0.29) is 44.9 Å². The Bertz CT molecular complexity index is 1130. The molecule has 0 aliphatic heterocycles. The summed E-state index contributed by atoms with van der Waals surface area (Å²) in [6, 6.07) is 3.84. The van der Waals surface area contributed by atoms with Crippen molar-refractivity contribution in [3.63, 3.8) is 0 Å². The first-order chi connectivity index (χ1) is 16.2. The van der Waals surface area contributed by atoms with E-state index >= 15 is 4.79 Å². The van der Waals surface area contributed by atoms with Gasteiger partial charge in [0.1, 0.15) is 5.75 Å². The maximum atomic E-state index is 15.1. The van der Waals surface area contributed by atoms with Crippen LogP contribution >= 0.6 is 0 Å². The molecule has 0 heterocycles. The third-order valence-electron chi connectivity index (χ3n) is 9.28. The highest BCUT2D eigenvalue weighted by molar-refractivity contribution is 6.11. The summed E-state index contributed by atoms with van der Waals surface area (Å²) < 4.78 is 0. The number of ketones is 2. The Kier molecular flexibility index (Phi) is 6.46. The highest BCUT2D eigenvalue weighted by Gasteiger charge is 2.77. The van der Waals surface area contributed by atoms with Crippen LogP contribution in [0.2, 0.25) is 0 Å². The van der Waals surface area contributed by atoms with E-state index in [4.69, 9.17) is 0 Å². The van der Waals surface area contributed by atoms with Gasteiger partial charge in [0, 0.05) is 22.1 Å². The van der Waals surface area contributed by atoms with E-state index in [9.17, 15) is 9.90 Å². The maximum absolute atomic E-state index is 15.1. The minimum absolute atomic E-state index is 0.0592. The number of hydrogen-bond acceptors (Lipinski definition) is 3. The highest BCUT2D eigenvalue weighted by atomic mass is 16.3. The van der Waals surface area contributed by atoms with E-state index in [1.54, 1.807) is 0 Å². The Balaban J connectivity index is 2.45. The molecule has 3 atom stereocenters. The molecule has 3 unspecified atom stereocenters. The molecule has 0 spiro atoms. The van der Waals surface area contributed by atoms with E-state index in [1.807, 2.05) is 12.1 Å². The molecule has 0 saturated heterocycles. The number of aromatic hydroxyl groups is 1. The highest BCUT2D eigenvalue weighted by Crippen LogP contribution is 2.77. The van der Waals surface area contributed by atoms with E-state index in [0.29, 0.717) is 5.56 Å². The van der Waals surface area contributed by atoms with Crippen LogP contribution in [0.1, 0.15) is 132 Å². The third kappa shape index (κ3) is 4.33. The van der Waals surface area contributed by atoms with Gasteiger partial charge in [-0.05, 0) is 57.1 Å². The number of hydrogen-bond donors (Lipinski definition) is 1. The van der Waals surface area contributed by atoms with Crippen molar-refractivity contribution in [3.8, 4) is 5.75 Å². The van der Waals surface area contributed by atoms with E-state index < -0.39 is 16.2 Å². The summed E-state index contributed by atoms with van der Waals surface area (Å²) in [4.78, 5) is 29.2. The lowest BCUT2D eigenvalue weighted by molar-refractivity contribution is -0.128. The van der Waals surface area contributed by atoms with Gasteiger partial charge in [-0.15, -0.1) is 0 Å². The van der Waals surface area contributed by atoms with Crippen LogP contribution in [0.3, 0.4) is 0 Å². The average Bonchev–Trinajstić information content (AvgIpc) is 3.42. The molecule has 3 heteroatoms. The molecule has 2 aliphatic rings. The summed E-state index contributed by atoms with van der Waals surface area (Å²) >= 11 is 0. The summed E-state index contributed by atoms with van der Waals surface area (Å²) in [6.07, 6.45) is 2.81. The largest absolute Gasteiger partial charge is 0.507 e. The topological polar surface area (TPSA) is 54.4 Å². The Morgan fingerprint density at radius 1 is 0.757 bits per heavy atom. The predicted molar refractivity (Wildman–Crippen MR) is 154 cm³/mol. The van der Waals surface area contributed by atoms with Crippen LogP contribution < -0.4 is 0 Å². The fraction of sp³-hybridized carbons (Fsp3) is 0.706. The minimum Gasteiger partial charge on any atom is -0.507 e. The first-order valence-electron chi connectivity index (χ1n) is 14.0. The van der Waals surface area contributed by atoms with Crippen LogP contribution in [0.15, 0.2) is 23.8 Å². The van der Waals surface area contributed by atoms with Crippen molar-refractivity contribution in [2.75, 3.05) is 0 Å². The average molecular weight is 509 g/mol. The van der Waals surface area contributed by atoms with Crippen molar-refractivity contribution in [1.82, 2.24) is 0 Å². The van der Waals surface area contributed by atoms with Gasteiger partial charge < -0.3 is 5.11 Å². The Labute approximate surface area is 226 Å². The van der Waals surface area contributed by atoms with Crippen molar-refractivity contribution in [2.45, 2.75) is 121 Å². The molecule has 3 nitrogen and oxygen atoms in total. The molecule has 2 aliphatic carbocycles. The van der Waals surface area contributed by atoms with Crippen molar-refractivity contribution in [3.05, 3.63) is 40.5 Å². The van der Waals surface area contributed by atoms with Crippen molar-refractivity contribution in [1.29, 1.82) is 0 Å². The molecule has 37 heavy (non-hydrogen) atoms. The number of phenolic OH excluding ortho intramolecular Hbond substituents is 1. The van der Waals surface area contributed by atoms with Crippen LogP contribution in [0.25, 0.3) is 0 Å². The Morgan fingerprint density at radius 3 is 1.51 bits per heavy atom. The molecule has 1 aromatic rings. The Hall–Kier alpha value is -1.90. The van der Waals surface area contributed by atoms with Gasteiger partial charge in [0.05, 0.1) is 5.41 Å². The summed E-state index contributed by atoms with van der Waals surface area (Å²) in [5.41, 5.74) is -0.114. The number of carbonyl (C=O) groups is 2. The second kappa shape index (κ2) is 8.06. The number of phenols is 1. The quantitative estimate of drug-likeness (QED) is 0.406. The first-order valence-corrected chi connectivity index (χ1v) is 14.0. The minimum atomic E-state index is -0.835. The molecule has 1 fully saturated rings. The van der Waals surface area contributed by atoms with Gasteiger partial charge >= 0.3 is 0 Å². The van der Waals surface area contributed by atoms with Gasteiger partial charge in [-0.1, -0.05) is 110 Å². The zero-order valence-electron chi connectivity index (χ0n) is 26.3. The van der Waals surface area contributed by atoms with Gasteiger partial charge in [-0.25, -0.2) is 0 Å². The molecule has 3 rings (SSSR count). The zero-order chi connectivity index (χ0) is 28.9. The molecule has 0 aromatic heterocycles. The van der Waals surface area contributed by atoms with Gasteiger partial charge in [0.15, 0.2) is 11.6 Å². The summed E-state index contributed by atoms with van der Waals surface area (Å²) in [6.45, 7) is 31.6. The molecule has 1 N–H and O–H groups in total. The second-order valence-corrected chi connectivity index (χ2v) is 17.0. The van der Waals surface area contributed by atoms with Gasteiger partial charge in [-0.3, -0.25) is 9.59 Å². The van der Waals surface area contributed by atoms with Crippen molar-refractivity contribution >= 4 is 11.6 Å². The molecular formula is C34H52O3. The number of benzene rings is 1. The van der Waals surface area contributed by atoms with Crippen molar-refractivity contribution in [2.24, 2.45) is 33.0 Å². The van der Waals surface area contributed by atoms with Gasteiger partial charge in [0.2, 0.25) is 0 Å². The summed E-state index contributed by atoms with van der Waals surface area (Å²) in [7, 11) is 0. The van der Waals surface area contributed by atoms with Crippen LogP contribution in [-0.4, -0.2) is 16.7 Å². The predicted octanol–water partition coefficient (Wildman–Crippen LogP) is 8.81. The van der Waals surface area contributed by atoms with E-state index in [0.717, 1.165) is 23.1 Å². The first kappa shape index (κ1) is 29.7. The molecule has 1 saturated carbocycles. The van der Waals surface area contributed by atoms with Gasteiger partial charge in [-0.2, -0.15) is 0 Å². The van der Waals surface area contributed by atoms with E-state index in [1.165, 1.54) is 0 Å². The molecule has 1 aromatic carbocycles. The number of allylic oxidation sites excluding steroid dienone is 2. The lowest BCUT2D eigenvalue weighted by Crippen LogP contribution is -2.52. The molecule has 206 valence electrons. The van der Waals surface area contributed by atoms with Gasteiger partial charge in [0.25, 0.3) is 0 Å². The maximum Gasteiger partial charge on any atom is 0.173 e.